The second-order valence-corrected chi connectivity index (χ2v) is 5.20. The van der Waals surface area contributed by atoms with E-state index in [-0.39, 0.29) is 11.3 Å². The second kappa shape index (κ2) is 4.96. The molecule has 1 aromatic rings. The van der Waals surface area contributed by atoms with Crippen molar-refractivity contribution < 1.29 is 4.79 Å². The molecule has 5 heteroatoms. The first-order valence-corrected chi connectivity index (χ1v) is 6.23. The Bertz CT molecular complexity index is 393. The van der Waals surface area contributed by atoms with Crippen molar-refractivity contribution in [3.63, 3.8) is 0 Å². The van der Waals surface area contributed by atoms with Crippen LogP contribution >= 0.6 is 0 Å². The lowest BCUT2D eigenvalue weighted by atomic mass is 9.79. The molecule has 1 fully saturated rings. The van der Waals surface area contributed by atoms with Crippen LogP contribution in [-0.4, -0.2) is 26.3 Å². The molecule has 17 heavy (non-hydrogen) atoms. The summed E-state index contributed by atoms with van der Waals surface area (Å²) in [6.45, 7) is 0. The predicted octanol–water partition coefficient (Wildman–Crippen LogP) is 0.978. The van der Waals surface area contributed by atoms with Gasteiger partial charge in [0.1, 0.15) is 5.78 Å². The first-order valence-electron chi connectivity index (χ1n) is 6.23. The third kappa shape index (κ3) is 3.36. The zero-order chi connectivity index (χ0) is 12.3. The van der Waals surface area contributed by atoms with Crippen LogP contribution in [0.1, 0.15) is 44.2 Å². The molecule has 1 saturated carbocycles. The average Bonchev–Trinajstić information content (AvgIpc) is 2.63. The summed E-state index contributed by atoms with van der Waals surface area (Å²) >= 11 is 0. The molecule has 0 amide bonds. The van der Waals surface area contributed by atoms with E-state index in [1.165, 1.54) is 6.42 Å². The highest BCUT2D eigenvalue weighted by Gasteiger charge is 2.29. The van der Waals surface area contributed by atoms with E-state index in [9.17, 15) is 4.79 Å². The maximum absolute atomic E-state index is 11.9. The largest absolute Gasteiger partial charge is 0.325 e. The van der Waals surface area contributed by atoms with Gasteiger partial charge in [0.25, 0.3) is 0 Å². The number of nitrogens with two attached hydrogens (primary N) is 1. The fourth-order valence-corrected chi connectivity index (χ4v) is 2.57. The molecule has 2 rings (SSSR count). The van der Waals surface area contributed by atoms with Gasteiger partial charge in [-0.25, -0.2) is 0 Å². The van der Waals surface area contributed by atoms with Gasteiger partial charge in [-0.3, -0.25) is 9.48 Å². The Labute approximate surface area is 101 Å². The van der Waals surface area contributed by atoms with Gasteiger partial charge in [0, 0.05) is 25.2 Å². The number of carbonyl (C=O) groups is 1. The highest BCUT2D eigenvalue weighted by molar-refractivity contribution is 5.81. The molecule has 0 aliphatic heterocycles. The molecule has 0 bridgehead atoms. The van der Waals surface area contributed by atoms with Crippen LogP contribution in [0.25, 0.3) is 0 Å². The van der Waals surface area contributed by atoms with Gasteiger partial charge in [0.05, 0.1) is 12.1 Å². The summed E-state index contributed by atoms with van der Waals surface area (Å²) in [5.41, 5.74) is 6.72. The lowest BCUT2D eigenvalue weighted by Crippen LogP contribution is -2.43. The quantitative estimate of drug-likeness (QED) is 0.845. The Morgan fingerprint density at radius 1 is 1.47 bits per heavy atom. The maximum atomic E-state index is 11.9. The Kier molecular flexibility index (Phi) is 3.57. The van der Waals surface area contributed by atoms with Gasteiger partial charge in [-0.1, -0.05) is 24.5 Å². The van der Waals surface area contributed by atoms with Gasteiger partial charge in [-0.15, -0.1) is 5.10 Å². The zero-order valence-electron chi connectivity index (χ0n) is 10.4. The normalized spacial score (nSPS) is 19.2. The lowest BCUT2D eigenvalue weighted by molar-refractivity contribution is -0.119. The molecule has 94 valence electrons. The molecule has 0 unspecified atom stereocenters. The zero-order valence-corrected chi connectivity index (χ0v) is 10.4. The van der Waals surface area contributed by atoms with Crippen molar-refractivity contribution in [1.82, 2.24) is 15.0 Å². The van der Waals surface area contributed by atoms with Gasteiger partial charge < -0.3 is 5.73 Å². The van der Waals surface area contributed by atoms with E-state index < -0.39 is 0 Å². The minimum atomic E-state index is -0.266. The van der Waals surface area contributed by atoms with Crippen LogP contribution in [0, 0.1) is 0 Å². The van der Waals surface area contributed by atoms with Crippen LogP contribution in [0.5, 0.6) is 0 Å². The van der Waals surface area contributed by atoms with Gasteiger partial charge in [-0.05, 0) is 12.8 Å². The number of hydrogen-bond donors (Lipinski definition) is 1. The number of carbonyl (C=O) groups excluding carboxylic acids is 1. The van der Waals surface area contributed by atoms with Crippen molar-refractivity contribution in [3.05, 3.63) is 11.9 Å². The molecule has 0 saturated heterocycles. The van der Waals surface area contributed by atoms with Crippen LogP contribution in [0.15, 0.2) is 6.20 Å². The van der Waals surface area contributed by atoms with Crippen molar-refractivity contribution in [2.75, 3.05) is 0 Å². The van der Waals surface area contributed by atoms with Gasteiger partial charge in [0.15, 0.2) is 0 Å². The van der Waals surface area contributed by atoms with Crippen LogP contribution in [-0.2, 0) is 18.3 Å². The molecule has 1 aromatic heterocycles. The Morgan fingerprint density at radius 2 is 2.18 bits per heavy atom. The highest BCUT2D eigenvalue weighted by Crippen LogP contribution is 2.29. The van der Waals surface area contributed by atoms with Crippen molar-refractivity contribution in [3.8, 4) is 0 Å². The summed E-state index contributed by atoms with van der Waals surface area (Å²) in [6, 6.07) is 0. The molecule has 0 spiro atoms. The minimum Gasteiger partial charge on any atom is -0.325 e. The first-order chi connectivity index (χ1) is 8.07. The van der Waals surface area contributed by atoms with Gasteiger partial charge >= 0.3 is 0 Å². The molecule has 1 heterocycles. The van der Waals surface area contributed by atoms with Crippen LogP contribution in [0.2, 0.25) is 0 Å². The third-order valence-electron chi connectivity index (χ3n) is 3.43. The molecule has 2 N–H and O–H groups in total. The molecule has 1 aliphatic carbocycles. The summed E-state index contributed by atoms with van der Waals surface area (Å²) in [7, 11) is 1.80. The number of aryl methyl sites for hydroxylation is 1. The minimum absolute atomic E-state index is 0.176. The Hall–Kier alpha value is -1.23. The van der Waals surface area contributed by atoms with Crippen LogP contribution < -0.4 is 5.73 Å². The molecule has 0 radical (unpaired) electrons. The average molecular weight is 236 g/mol. The predicted molar refractivity (Wildman–Crippen MR) is 64.3 cm³/mol. The standard InChI is InChI=1S/C12H20N4O/c1-16-9-10(14-15-16)7-11(17)8-12(13)5-3-2-4-6-12/h9H,2-8,13H2,1H3. The van der Waals surface area contributed by atoms with Crippen molar-refractivity contribution in [1.29, 1.82) is 0 Å². The van der Waals surface area contributed by atoms with E-state index in [4.69, 9.17) is 5.73 Å². The number of nitrogens with zero attached hydrogens (tertiary/aromatic N) is 3. The van der Waals surface area contributed by atoms with Gasteiger partial charge in [-0.2, -0.15) is 0 Å². The van der Waals surface area contributed by atoms with E-state index in [1.54, 1.807) is 17.9 Å². The lowest BCUT2D eigenvalue weighted by Gasteiger charge is -2.32. The summed E-state index contributed by atoms with van der Waals surface area (Å²) in [5.74, 6) is 0.176. The number of hydrogen-bond acceptors (Lipinski definition) is 4. The molecule has 0 atom stereocenters. The molecule has 1 aliphatic rings. The number of ketones is 1. The second-order valence-electron chi connectivity index (χ2n) is 5.20. The summed E-state index contributed by atoms with van der Waals surface area (Å²) < 4.78 is 1.61. The Balaban J connectivity index is 1.88. The highest BCUT2D eigenvalue weighted by atomic mass is 16.1. The van der Waals surface area contributed by atoms with E-state index in [1.807, 2.05) is 0 Å². The number of aromatic nitrogens is 3. The van der Waals surface area contributed by atoms with Crippen LogP contribution in [0.4, 0.5) is 0 Å². The van der Waals surface area contributed by atoms with Crippen molar-refractivity contribution in [2.45, 2.75) is 50.5 Å². The SMILES string of the molecule is Cn1cc(CC(=O)CC2(N)CCCCC2)nn1. The van der Waals surface area contributed by atoms with Crippen molar-refractivity contribution >= 4 is 5.78 Å². The number of Topliss-reactive ketones (excluding diaryl/α,β-unsaturated/α-hetero) is 1. The first kappa shape index (κ1) is 12.2. The smallest absolute Gasteiger partial charge is 0.140 e. The fraction of sp³-hybridized carbons (Fsp3) is 0.750. The molecular weight excluding hydrogens is 216 g/mol. The molecular formula is C12H20N4O. The van der Waals surface area contributed by atoms with Crippen molar-refractivity contribution in [2.24, 2.45) is 12.8 Å². The monoisotopic (exact) mass is 236 g/mol. The molecule has 0 aromatic carbocycles. The fourth-order valence-electron chi connectivity index (χ4n) is 2.57. The third-order valence-corrected chi connectivity index (χ3v) is 3.43. The number of rotatable bonds is 4. The topological polar surface area (TPSA) is 73.8 Å². The summed E-state index contributed by atoms with van der Waals surface area (Å²) in [5, 5.41) is 7.74. The summed E-state index contributed by atoms with van der Waals surface area (Å²) in [4.78, 5) is 11.9. The van der Waals surface area contributed by atoms with E-state index >= 15 is 0 Å². The Morgan fingerprint density at radius 3 is 2.76 bits per heavy atom. The maximum Gasteiger partial charge on any atom is 0.140 e. The van der Waals surface area contributed by atoms with Crippen LogP contribution in [0.3, 0.4) is 0 Å². The molecule has 5 nitrogen and oxygen atoms in total. The van der Waals surface area contributed by atoms with E-state index in [0.717, 1.165) is 31.4 Å². The van der Waals surface area contributed by atoms with Gasteiger partial charge in [0.2, 0.25) is 0 Å². The van der Waals surface area contributed by atoms with E-state index in [0.29, 0.717) is 12.8 Å². The van der Waals surface area contributed by atoms with E-state index in [2.05, 4.69) is 10.3 Å². The summed E-state index contributed by atoms with van der Waals surface area (Å²) in [6.07, 6.45) is 8.10.